The number of hydrogen-bond donors (Lipinski definition) is 0. The molecule has 6 heteroatoms. The maximum Gasteiger partial charge on any atom is 0.225 e. The number of nitrogens with zero attached hydrogens (tertiary/aromatic N) is 4. The van der Waals surface area contributed by atoms with Crippen LogP contribution in [0.1, 0.15) is 11.3 Å². The quantitative estimate of drug-likeness (QED) is 0.536. The van der Waals surface area contributed by atoms with Gasteiger partial charge in [0.15, 0.2) is 5.65 Å². The van der Waals surface area contributed by atoms with Crippen molar-refractivity contribution in [3.05, 3.63) is 52.0 Å². The molecule has 2 aromatic heterocycles. The van der Waals surface area contributed by atoms with Crippen molar-refractivity contribution < 1.29 is 0 Å². The number of aryl methyl sites for hydroxylation is 1. The fourth-order valence-corrected chi connectivity index (χ4v) is 2.55. The Balaban J connectivity index is 2.14. The first-order valence-electron chi connectivity index (χ1n) is 5.75. The van der Waals surface area contributed by atoms with Gasteiger partial charge >= 0.3 is 0 Å². The number of rotatable bonds is 2. The molecule has 0 aliphatic heterocycles. The molecule has 0 bridgehead atoms. The molecule has 0 amide bonds. The number of hydrogen-bond acceptors (Lipinski definition) is 3. The molecule has 96 valence electrons. The predicted octanol–water partition coefficient (Wildman–Crippen LogP) is 3.49. The van der Waals surface area contributed by atoms with Crippen molar-refractivity contribution in [2.75, 3.05) is 0 Å². The Morgan fingerprint density at radius 2 is 1.84 bits per heavy atom. The van der Waals surface area contributed by atoms with Crippen molar-refractivity contribution in [3.63, 3.8) is 0 Å². The van der Waals surface area contributed by atoms with Gasteiger partial charge in [-0.1, -0.05) is 41.9 Å². The standard InChI is InChI=1S/C13H10Cl2N4/c1-8-10-11(14)16-13(15)17-12(10)19(18-8)7-9-5-3-2-4-6-9/h2-6H,7H2,1H3. The molecule has 0 atom stereocenters. The summed E-state index contributed by atoms with van der Waals surface area (Å²) in [6, 6.07) is 10.0. The SMILES string of the molecule is Cc1nn(Cc2ccccc2)c2nc(Cl)nc(Cl)c12. The molecule has 0 aliphatic carbocycles. The van der Waals surface area contributed by atoms with Crippen LogP contribution < -0.4 is 0 Å². The van der Waals surface area contributed by atoms with Gasteiger partial charge in [0.25, 0.3) is 0 Å². The van der Waals surface area contributed by atoms with Crippen molar-refractivity contribution in [1.82, 2.24) is 19.7 Å². The van der Waals surface area contributed by atoms with E-state index >= 15 is 0 Å². The van der Waals surface area contributed by atoms with E-state index in [1.54, 1.807) is 4.68 Å². The predicted molar refractivity (Wildman–Crippen MR) is 75.6 cm³/mol. The summed E-state index contributed by atoms with van der Waals surface area (Å²) in [5, 5.41) is 5.68. The highest BCUT2D eigenvalue weighted by Crippen LogP contribution is 2.25. The van der Waals surface area contributed by atoms with Gasteiger partial charge in [0, 0.05) is 0 Å². The third-order valence-electron chi connectivity index (χ3n) is 2.87. The van der Waals surface area contributed by atoms with E-state index in [-0.39, 0.29) is 5.28 Å². The minimum absolute atomic E-state index is 0.131. The fraction of sp³-hybridized carbons (Fsp3) is 0.154. The molecule has 0 saturated carbocycles. The van der Waals surface area contributed by atoms with Crippen LogP contribution in [0.25, 0.3) is 11.0 Å². The molecule has 0 unspecified atom stereocenters. The summed E-state index contributed by atoms with van der Waals surface area (Å²) in [5.41, 5.74) is 2.59. The number of benzene rings is 1. The van der Waals surface area contributed by atoms with Crippen LogP contribution in [0.5, 0.6) is 0 Å². The van der Waals surface area contributed by atoms with Gasteiger partial charge in [-0.25, -0.2) is 9.67 Å². The van der Waals surface area contributed by atoms with E-state index < -0.39 is 0 Å². The lowest BCUT2D eigenvalue weighted by atomic mass is 10.2. The Morgan fingerprint density at radius 3 is 2.58 bits per heavy atom. The molecule has 0 N–H and O–H groups in total. The summed E-state index contributed by atoms with van der Waals surface area (Å²) in [7, 11) is 0. The summed E-state index contributed by atoms with van der Waals surface area (Å²) in [5.74, 6) is 0. The molecule has 0 fully saturated rings. The zero-order valence-electron chi connectivity index (χ0n) is 10.1. The van der Waals surface area contributed by atoms with E-state index in [4.69, 9.17) is 23.2 Å². The van der Waals surface area contributed by atoms with E-state index in [0.29, 0.717) is 17.3 Å². The van der Waals surface area contributed by atoms with Crippen LogP contribution in [0, 0.1) is 6.92 Å². The Bertz CT molecular complexity index is 737. The van der Waals surface area contributed by atoms with E-state index in [1.807, 2.05) is 37.3 Å². The minimum Gasteiger partial charge on any atom is -0.242 e. The van der Waals surface area contributed by atoms with Crippen molar-refractivity contribution in [2.45, 2.75) is 13.5 Å². The monoisotopic (exact) mass is 292 g/mol. The molecule has 19 heavy (non-hydrogen) atoms. The second-order valence-corrected chi connectivity index (χ2v) is 4.91. The third kappa shape index (κ3) is 2.29. The van der Waals surface area contributed by atoms with E-state index in [1.165, 1.54) is 0 Å². The van der Waals surface area contributed by atoms with Gasteiger partial charge in [0.2, 0.25) is 5.28 Å². The normalized spacial score (nSPS) is 11.1. The van der Waals surface area contributed by atoms with Crippen LogP contribution in [0.2, 0.25) is 10.4 Å². The first kappa shape index (κ1) is 12.4. The molecule has 3 rings (SSSR count). The molecular weight excluding hydrogens is 283 g/mol. The Morgan fingerprint density at radius 1 is 1.11 bits per heavy atom. The lowest BCUT2D eigenvalue weighted by Gasteiger charge is -2.03. The lowest BCUT2D eigenvalue weighted by molar-refractivity contribution is 0.695. The molecule has 0 aliphatic rings. The number of halogens is 2. The maximum atomic E-state index is 6.10. The fourth-order valence-electron chi connectivity index (χ4n) is 2.04. The Labute approximate surface area is 120 Å². The second-order valence-electron chi connectivity index (χ2n) is 4.21. The molecular formula is C13H10Cl2N4. The van der Waals surface area contributed by atoms with Gasteiger partial charge in [-0.05, 0) is 24.1 Å². The van der Waals surface area contributed by atoms with Crippen molar-refractivity contribution in [3.8, 4) is 0 Å². The van der Waals surface area contributed by atoms with Crippen LogP contribution in [0.15, 0.2) is 30.3 Å². The summed E-state index contributed by atoms with van der Waals surface area (Å²) in [6.07, 6.45) is 0. The molecule has 2 heterocycles. The van der Waals surface area contributed by atoms with Crippen molar-refractivity contribution >= 4 is 34.2 Å². The number of aromatic nitrogens is 4. The largest absolute Gasteiger partial charge is 0.242 e. The van der Waals surface area contributed by atoms with Gasteiger partial charge < -0.3 is 0 Å². The first-order valence-corrected chi connectivity index (χ1v) is 6.51. The second kappa shape index (κ2) is 4.79. The average molecular weight is 293 g/mol. The number of fused-ring (bicyclic) bond motifs is 1. The van der Waals surface area contributed by atoms with Crippen LogP contribution in [-0.2, 0) is 6.54 Å². The summed E-state index contributed by atoms with van der Waals surface area (Å²) < 4.78 is 1.79. The van der Waals surface area contributed by atoms with Crippen LogP contribution in [0.4, 0.5) is 0 Å². The van der Waals surface area contributed by atoms with Crippen LogP contribution in [-0.4, -0.2) is 19.7 Å². The van der Waals surface area contributed by atoms with Crippen molar-refractivity contribution in [2.24, 2.45) is 0 Å². The van der Waals surface area contributed by atoms with Gasteiger partial charge in [-0.3, -0.25) is 0 Å². The smallest absolute Gasteiger partial charge is 0.225 e. The van der Waals surface area contributed by atoms with E-state index in [0.717, 1.165) is 16.6 Å². The summed E-state index contributed by atoms with van der Waals surface area (Å²) in [6.45, 7) is 2.50. The Hall–Kier alpha value is -1.65. The van der Waals surface area contributed by atoms with Crippen LogP contribution in [0.3, 0.4) is 0 Å². The zero-order chi connectivity index (χ0) is 13.4. The third-order valence-corrected chi connectivity index (χ3v) is 3.31. The van der Waals surface area contributed by atoms with Gasteiger partial charge in [0.05, 0.1) is 17.6 Å². The Kier molecular flexibility index (Phi) is 3.12. The highest BCUT2D eigenvalue weighted by Gasteiger charge is 2.14. The maximum absolute atomic E-state index is 6.10. The molecule has 0 spiro atoms. The topological polar surface area (TPSA) is 43.6 Å². The molecule has 1 aromatic carbocycles. The molecule has 4 nitrogen and oxygen atoms in total. The van der Waals surface area contributed by atoms with Gasteiger partial charge in [-0.15, -0.1) is 0 Å². The highest BCUT2D eigenvalue weighted by atomic mass is 35.5. The lowest BCUT2D eigenvalue weighted by Crippen LogP contribution is -2.03. The van der Waals surface area contributed by atoms with E-state index in [2.05, 4.69) is 15.1 Å². The van der Waals surface area contributed by atoms with E-state index in [9.17, 15) is 0 Å². The van der Waals surface area contributed by atoms with Gasteiger partial charge in [0.1, 0.15) is 5.15 Å². The zero-order valence-corrected chi connectivity index (χ0v) is 11.7. The molecule has 3 aromatic rings. The molecule has 0 saturated heterocycles. The van der Waals surface area contributed by atoms with Crippen LogP contribution >= 0.6 is 23.2 Å². The first-order chi connectivity index (χ1) is 9.15. The minimum atomic E-state index is 0.131. The highest BCUT2D eigenvalue weighted by molar-refractivity contribution is 6.35. The summed E-state index contributed by atoms with van der Waals surface area (Å²) >= 11 is 12.0. The van der Waals surface area contributed by atoms with Crippen molar-refractivity contribution in [1.29, 1.82) is 0 Å². The average Bonchev–Trinajstić information content (AvgIpc) is 2.67. The van der Waals surface area contributed by atoms with Gasteiger partial charge in [-0.2, -0.15) is 10.1 Å². The molecule has 0 radical (unpaired) electrons. The summed E-state index contributed by atoms with van der Waals surface area (Å²) in [4.78, 5) is 8.17.